The molecular formula is C22H22ClNO4. The lowest BCUT2D eigenvalue weighted by molar-refractivity contribution is -0.139. The van der Waals surface area contributed by atoms with Crippen molar-refractivity contribution in [2.45, 2.75) is 25.8 Å². The molecule has 1 fully saturated rings. The summed E-state index contributed by atoms with van der Waals surface area (Å²) in [5.74, 6) is -1.12. The highest BCUT2D eigenvalue weighted by molar-refractivity contribution is 6.47. The van der Waals surface area contributed by atoms with Gasteiger partial charge in [-0.25, -0.2) is 0 Å². The Balaban J connectivity index is 2.19. The van der Waals surface area contributed by atoms with Gasteiger partial charge in [-0.05, 0) is 30.2 Å². The number of hydrogen-bond donors (Lipinski definition) is 1. The van der Waals surface area contributed by atoms with Gasteiger partial charge in [0.05, 0.1) is 23.7 Å². The molecule has 0 saturated carbocycles. The topological polar surface area (TPSA) is 66.8 Å². The number of aliphatic hydroxyl groups excluding tert-OH is 1. The number of amides is 1. The monoisotopic (exact) mass is 399 g/mol. The third kappa shape index (κ3) is 3.62. The Labute approximate surface area is 169 Å². The van der Waals surface area contributed by atoms with Gasteiger partial charge >= 0.3 is 0 Å². The van der Waals surface area contributed by atoms with E-state index < -0.39 is 17.7 Å². The maximum atomic E-state index is 12.9. The Hall–Kier alpha value is -2.79. The Morgan fingerprint density at radius 3 is 2.54 bits per heavy atom. The minimum absolute atomic E-state index is 0.0439. The number of nitrogens with zero attached hydrogens (tertiary/aromatic N) is 1. The molecule has 2 aromatic rings. The molecule has 146 valence electrons. The van der Waals surface area contributed by atoms with Crippen LogP contribution in [-0.4, -0.2) is 35.4 Å². The van der Waals surface area contributed by atoms with Crippen LogP contribution in [0.1, 0.15) is 36.9 Å². The number of hydrogen-bond acceptors (Lipinski definition) is 4. The number of ketones is 1. The molecule has 1 atom stereocenters. The molecule has 28 heavy (non-hydrogen) atoms. The number of benzene rings is 2. The van der Waals surface area contributed by atoms with E-state index in [2.05, 4.69) is 0 Å². The van der Waals surface area contributed by atoms with Crippen molar-refractivity contribution in [3.05, 3.63) is 70.3 Å². The summed E-state index contributed by atoms with van der Waals surface area (Å²) in [5.41, 5.74) is 1.07. The molecule has 1 amide bonds. The second-order valence-corrected chi connectivity index (χ2v) is 7.01. The normalized spacial score (nSPS) is 18.5. The summed E-state index contributed by atoms with van der Waals surface area (Å²) in [6, 6.07) is 13.4. The number of Topliss-reactive ketones (excluding diaryl/α,β-unsaturated/α-hetero) is 1. The fraction of sp³-hybridized carbons (Fsp3) is 0.273. The molecule has 2 aromatic carbocycles. The van der Waals surface area contributed by atoms with Crippen LogP contribution in [0.2, 0.25) is 5.02 Å². The van der Waals surface area contributed by atoms with E-state index >= 15 is 0 Å². The molecule has 0 aromatic heterocycles. The molecule has 0 bridgehead atoms. The van der Waals surface area contributed by atoms with Gasteiger partial charge in [0.25, 0.3) is 11.7 Å². The van der Waals surface area contributed by atoms with E-state index in [9.17, 15) is 14.7 Å². The number of likely N-dealkylation sites (tertiary alicyclic amines) is 1. The highest BCUT2D eigenvalue weighted by atomic mass is 35.5. The molecule has 0 spiro atoms. The second kappa shape index (κ2) is 8.48. The number of carbonyl (C=O) groups is 2. The Morgan fingerprint density at radius 2 is 1.89 bits per heavy atom. The minimum Gasteiger partial charge on any atom is -0.507 e. The van der Waals surface area contributed by atoms with Crippen molar-refractivity contribution < 1.29 is 19.4 Å². The molecule has 1 heterocycles. The van der Waals surface area contributed by atoms with Crippen LogP contribution in [-0.2, 0) is 9.59 Å². The standard InChI is InChI=1S/C22H22ClNO4/c1-3-4-12-24-19(14-8-6-5-7-9-14)18(21(26)22(24)27)20(25)16-13-15(28-2)10-11-17(16)23/h5-11,13,19,25H,3-4,12H2,1-2H3/b20-18+. The number of unbranched alkanes of at least 4 members (excludes halogenated alkanes) is 1. The zero-order valence-corrected chi connectivity index (χ0v) is 16.6. The molecular weight excluding hydrogens is 378 g/mol. The molecule has 6 heteroatoms. The van der Waals surface area contributed by atoms with Gasteiger partial charge in [0.15, 0.2) is 0 Å². The molecule has 0 aliphatic carbocycles. The largest absolute Gasteiger partial charge is 0.507 e. The summed E-state index contributed by atoms with van der Waals surface area (Å²) in [4.78, 5) is 27.1. The molecule has 1 aliphatic rings. The van der Waals surface area contributed by atoms with Gasteiger partial charge in [-0.3, -0.25) is 9.59 Å². The summed E-state index contributed by atoms with van der Waals surface area (Å²) in [7, 11) is 1.50. The van der Waals surface area contributed by atoms with Crippen molar-refractivity contribution in [3.63, 3.8) is 0 Å². The predicted molar refractivity (Wildman–Crippen MR) is 108 cm³/mol. The average Bonchev–Trinajstić information content (AvgIpc) is 2.97. The third-order valence-corrected chi connectivity index (χ3v) is 5.17. The molecule has 0 radical (unpaired) electrons. The zero-order chi connectivity index (χ0) is 20.3. The first-order valence-electron chi connectivity index (χ1n) is 9.16. The van der Waals surface area contributed by atoms with Gasteiger partial charge in [0.2, 0.25) is 0 Å². The van der Waals surface area contributed by atoms with Gasteiger partial charge < -0.3 is 14.7 Å². The maximum absolute atomic E-state index is 12.9. The van der Waals surface area contributed by atoms with E-state index in [4.69, 9.17) is 16.3 Å². The van der Waals surface area contributed by atoms with E-state index in [0.29, 0.717) is 12.3 Å². The quantitative estimate of drug-likeness (QED) is 0.439. The van der Waals surface area contributed by atoms with Crippen LogP contribution in [0, 0.1) is 0 Å². The Bertz CT molecular complexity index is 923. The lowest BCUT2D eigenvalue weighted by atomic mass is 9.95. The smallest absolute Gasteiger partial charge is 0.295 e. The van der Waals surface area contributed by atoms with Crippen LogP contribution < -0.4 is 4.74 Å². The van der Waals surface area contributed by atoms with Gasteiger partial charge in [-0.2, -0.15) is 0 Å². The summed E-state index contributed by atoms with van der Waals surface area (Å²) in [6.45, 7) is 2.45. The first-order valence-corrected chi connectivity index (χ1v) is 9.54. The third-order valence-electron chi connectivity index (χ3n) is 4.84. The van der Waals surface area contributed by atoms with Crippen molar-refractivity contribution in [3.8, 4) is 5.75 Å². The average molecular weight is 400 g/mol. The first-order chi connectivity index (χ1) is 13.5. The van der Waals surface area contributed by atoms with Crippen LogP contribution >= 0.6 is 11.6 Å². The van der Waals surface area contributed by atoms with Crippen molar-refractivity contribution >= 4 is 29.1 Å². The summed E-state index contributed by atoms with van der Waals surface area (Å²) in [6.07, 6.45) is 1.64. The number of methoxy groups -OCH3 is 1. The fourth-order valence-corrected chi connectivity index (χ4v) is 3.59. The van der Waals surface area contributed by atoms with E-state index in [-0.39, 0.29) is 21.9 Å². The molecule has 1 aliphatic heterocycles. The molecule has 5 nitrogen and oxygen atoms in total. The molecule has 1 unspecified atom stereocenters. The number of ether oxygens (including phenoxy) is 1. The summed E-state index contributed by atoms with van der Waals surface area (Å²) in [5, 5.41) is 11.3. The van der Waals surface area contributed by atoms with E-state index in [1.165, 1.54) is 12.0 Å². The highest BCUT2D eigenvalue weighted by Gasteiger charge is 2.45. The predicted octanol–water partition coefficient (Wildman–Crippen LogP) is 4.57. The first kappa shape index (κ1) is 20.0. The number of halogens is 1. The molecule has 1 saturated heterocycles. The minimum atomic E-state index is -0.707. The number of rotatable bonds is 6. The van der Waals surface area contributed by atoms with Crippen LogP contribution in [0.4, 0.5) is 0 Å². The van der Waals surface area contributed by atoms with Crippen molar-refractivity contribution in [2.75, 3.05) is 13.7 Å². The van der Waals surface area contributed by atoms with Crippen LogP contribution in [0.5, 0.6) is 5.75 Å². The Kier molecular flexibility index (Phi) is 6.05. The number of aliphatic hydroxyl groups is 1. The van der Waals surface area contributed by atoms with Crippen LogP contribution in [0.15, 0.2) is 54.1 Å². The Morgan fingerprint density at radius 1 is 1.18 bits per heavy atom. The van der Waals surface area contributed by atoms with Gasteiger partial charge in [-0.15, -0.1) is 0 Å². The SMILES string of the molecule is CCCCN1C(=O)C(=O)/C(=C(/O)c2cc(OC)ccc2Cl)C1c1ccccc1. The van der Waals surface area contributed by atoms with E-state index in [0.717, 1.165) is 18.4 Å². The summed E-state index contributed by atoms with van der Waals surface area (Å²) < 4.78 is 5.20. The van der Waals surface area contributed by atoms with Crippen molar-refractivity contribution in [1.29, 1.82) is 0 Å². The molecule has 3 rings (SSSR count). The van der Waals surface area contributed by atoms with Gasteiger partial charge in [-0.1, -0.05) is 55.3 Å². The van der Waals surface area contributed by atoms with E-state index in [1.54, 1.807) is 18.2 Å². The zero-order valence-electron chi connectivity index (χ0n) is 15.8. The van der Waals surface area contributed by atoms with E-state index in [1.807, 2.05) is 37.3 Å². The molecule has 1 N–H and O–H groups in total. The lowest BCUT2D eigenvalue weighted by Gasteiger charge is -2.25. The maximum Gasteiger partial charge on any atom is 0.295 e. The highest BCUT2D eigenvalue weighted by Crippen LogP contribution is 2.41. The fourth-order valence-electron chi connectivity index (χ4n) is 3.38. The second-order valence-electron chi connectivity index (χ2n) is 6.60. The lowest BCUT2D eigenvalue weighted by Crippen LogP contribution is -2.30. The van der Waals surface area contributed by atoms with Crippen molar-refractivity contribution in [1.82, 2.24) is 4.90 Å². The van der Waals surface area contributed by atoms with Crippen LogP contribution in [0.25, 0.3) is 5.76 Å². The van der Waals surface area contributed by atoms with Crippen LogP contribution in [0.3, 0.4) is 0 Å². The van der Waals surface area contributed by atoms with Gasteiger partial charge in [0, 0.05) is 12.1 Å². The van der Waals surface area contributed by atoms with Crippen molar-refractivity contribution in [2.24, 2.45) is 0 Å². The number of carbonyl (C=O) groups excluding carboxylic acids is 2. The summed E-state index contributed by atoms with van der Waals surface area (Å²) >= 11 is 6.26. The van der Waals surface area contributed by atoms with Gasteiger partial charge in [0.1, 0.15) is 11.5 Å².